The van der Waals surface area contributed by atoms with Gasteiger partial charge in [0.2, 0.25) is 0 Å². The molecule has 1 aromatic rings. The first-order valence-corrected chi connectivity index (χ1v) is 9.04. The number of hydrogen-bond acceptors (Lipinski definition) is 3. The van der Waals surface area contributed by atoms with Gasteiger partial charge in [0.25, 0.3) is 5.91 Å². The van der Waals surface area contributed by atoms with Crippen molar-refractivity contribution in [3.63, 3.8) is 0 Å². The molecule has 136 valence electrons. The Morgan fingerprint density at radius 2 is 2.08 bits per heavy atom. The smallest absolute Gasteiger partial charge is 0.269 e. The fourth-order valence-electron chi connectivity index (χ4n) is 3.84. The van der Waals surface area contributed by atoms with Crippen molar-refractivity contribution in [2.45, 2.75) is 52.6 Å². The summed E-state index contributed by atoms with van der Waals surface area (Å²) >= 11 is 0. The highest BCUT2D eigenvalue weighted by Crippen LogP contribution is 2.41. The van der Waals surface area contributed by atoms with Crippen LogP contribution in [0.1, 0.15) is 49.8 Å². The summed E-state index contributed by atoms with van der Waals surface area (Å²) in [7, 11) is 2.15. The van der Waals surface area contributed by atoms with Crippen LogP contribution in [0.15, 0.2) is 6.07 Å². The molecule has 2 atom stereocenters. The largest absolute Gasteiger partial charge is 0.346 e. The van der Waals surface area contributed by atoms with Gasteiger partial charge in [0.1, 0.15) is 5.69 Å². The van der Waals surface area contributed by atoms with Crippen LogP contribution in [-0.2, 0) is 13.0 Å². The summed E-state index contributed by atoms with van der Waals surface area (Å²) in [6, 6.07) is 2.26. The summed E-state index contributed by atoms with van der Waals surface area (Å²) in [5.74, 6) is 2.03. The summed E-state index contributed by atoms with van der Waals surface area (Å²) in [6.07, 6.45) is 3.58. The number of nitrogens with zero attached hydrogens (tertiary/aromatic N) is 3. The fourth-order valence-corrected chi connectivity index (χ4v) is 3.84. The molecule has 1 saturated heterocycles. The summed E-state index contributed by atoms with van der Waals surface area (Å²) in [5, 5.41) is 7.89. The second-order valence-electron chi connectivity index (χ2n) is 7.74. The third-order valence-electron chi connectivity index (χ3n) is 5.07. The first kappa shape index (κ1) is 19.3. The van der Waals surface area contributed by atoms with Crippen LogP contribution >= 0.6 is 12.4 Å². The number of nitrogens with one attached hydrogen (secondary N) is 1. The minimum atomic E-state index is 0. The molecule has 2 fully saturated rings. The van der Waals surface area contributed by atoms with Gasteiger partial charge in [0, 0.05) is 25.7 Å². The number of amides is 1. The maximum Gasteiger partial charge on any atom is 0.269 e. The van der Waals surface area contributed by atoms with Gasteiger partial charge in [-0.15, -0.1) is 12.4 Å². The molecule has 0 spiro atoms. The first-order chi connectivity index (χ1) is 11.0. The van der Waals surface area contributed by atoms with E-state index < -0.39 is 0 Å². The highest BCUT2D eigenvalue weighted by molar-refractivity contribution is 5.93. The number of aryl methyl sites for hydroxylation is 1. The molecule has 1 aromatic heterocycles. The van der Waals surface area contributed by atoms with Crippen LogP contribution in [0.25, 0.3) is 0 Å². The Labute approximate surface area is 151 Å². The molecule has 0 unspecified atom stereocenters. The van der Waals surface area contributed by atoms with E-state index in [1.54, 1.807) is 0 Å². The SMILES string of the molecule is CCn1nc(CC(C)C)cc1C(=O)N[C@H]1CN(C)C[C@@H]1C1CC1.Cl. The zero-order valence-electron chi connectivity index (χ0n) is 15.3. The summed E-state index contributed by atoms with van der Waals surface area (Å²) < 4.78 is 1.85. The monoisotopic (exact) mass is 354 g/mol. The molecule has 3 rings (SSSR count). The second-order valence-corrected chi connectivity index (χ2v) is 7.74. The predicted molar refractivity (Wildman–Crippen MR) is 98.7 cm³/mol. The van der Waals surface area contributed by atoms with Crippen LogP contribution in [0.3, 0.4) is 0 Å². The lowest BCUT2D eigenvalue weighted by atomic mass is 9.98. The van der Waals surface area contributed by atoms with Crippen LogP contribution in [0.4, 0.5) is 0 Å². The lowest BCUT2D eigenvalue weighted by molar-refractivity contribution is 0.0917. The van der Waals surface area contributed by atoms with Crippen LogP contribution in [0.2, 0.25) is 0 Å². The molecule has 2 heterocycles. The highest BCUT2D eigenvalue weighted by atomic mass is 35.5. The maximum absolute atomic E-state index is 12.8. The van der Waals surface area contributed by atoms with E-state index in [0.717, 1.165) is 37.7 Å². The molecular weight excluding hydrogens is 324 g/mol. The van der Waals surface area contributed by atoms with E-state index in [2.05, 4.69) is 36.2 Å². The molecule has 1 aliphatic heterocycles. The van der Waals surface area contributed by atoms with Gasteiger partial charge < -0.3 is 10.2 Å². The second kappa shape index (κ2) is 7.87. The number of rotatable bonds is 6. The summed E-state index contributed by atoms with van der Waals surface area (Å²) in [4.78, 5) is 15.1. The summed E-state index contributed by atoms with van der Waals surface area (Å²) in [6.45, 7) is 9.21. The van der Waals surface area contributed by atoms with Crippen LogP contribution < -0.4 is 5.32 Å². The van der Waals surface area contributed by atoms with Gasteiger partial charge in [0.15, 0.2) is 0 Å². The molecule has 5 nitrogen and oxygen atoms in total. The topological polar surface area (TPSA) is 50.2 Å². The first-order valence-electron chi connectivity index (χ1n) is 9.04. The molecule has 0 radical (unpaired) electrons. The van der Waals surface area contributed by atoms with Crippen LogP contribution in [-0.4, -0.2) is 46.8 Å². The minimum absolute atomic E-state index is 0. The van der Waals surface area contributed by atoms with E-state index in [9.17, 15) is 4.79 Å². The van der Waals surface area contributed by atoms with Gasteiger partial charge in [-0.25, -0.2) is 0 Å². The molecule has 1 amide bonds. The Balaban J connectivity index is 0.00000208. The van der Waals surface area contributed by atoms with E-state index in [-0.39, 0.29) is 24.4 Å². The minimum Gasteiger partial charge on any atom is -0.346 e. The third-order valence-corrected chi connectivity index (χ3v) is 5.07. The molecule has 0 aromatic carbocycles. The zero-order chi connectivity index (χ0) is 16.6. The van der Waals surface area contributed by atoms with Crippen molar-refractivity contribution in [1.29, 1.82) is 0 Å². The molecule has 0 bridgehead atoms. The van der Waals surface area contributed by atoms with Gasteiger partial charge >= 0.3 is 0 Å². The fraction of sp³-hybridized carbons (Fsp3) is 0.778. The third kappa shape index (κ3) is 4.31. The average Bonchev–Trinajstić information content (AvgIpc) is 3.14. The van der Waals surface area contributed by atoms with Gasteiger partial charge in [0.05, 0.1) is 5.69 Å². The van der Waals surface area contributed by atoms with Crippen molar-refractivity contribution in [1.82, 2.24) is 20.0 Å². The van der Waals surface area contributed by atoms with Crippen molar-refractivity contribution in [3.8, 4) is 0 Å². The van der Waals surface area contributed by atoms with Crippen molar-refractivity contribution in [2.75, 3.05) is 20.1 Å². The Morgan fingerprint density at radius 3 is 2.67 bits per heavy atom. The average molecular weight is 355 g/mol. The number of carbonyl (C=O) groups excluding carboxylic acids is 1. The van der Waals surface area contributed by atoms with Gasteiger partial charge in [-0.1, -0.05) is 13.8 Å². The number of likely N-dealkylation sites (tertiary alicyclic amines) is 1. The normalized spacial score (nSPS) is 24.2. The molecule has 1 N–H and O–H groups in total. The quantitative estimate of drug-likeness (QED) is 0.854. The van der Waals surface area contributed by atoms with E-state index in [0.29, 0.717) is 17.5 Å². The van der Waals surface area contributed by atoms with Gasteiger partial charge in [-0.2, -0.15) is 5.10 Å². The lowest BCUT2D eigenvalue weighted by Gasteiger charge is -2.19. The van der Waals surface area contributed by atoms with E-state index in [1.807, 2.05) is 17.7 Å². The van der Waals surface area contributed by atoms with E-state index in [1.165, 1.54) is 12.8 Å². The van der Waals surface area contributed by atoms with E-state index in [4.69, 9.17) is 0 Å². The zero-order valence-corrected chi connectivity index (χ0v) is 16.1. The number of hydrogen-bond donors (Lipinski definition) is 1. The highest BCUT2D eigenvalue weighted by Gasteiger charge is 2.42. The lowest BCUT2D eigenvalue weighted by Crippen LogP contribution is -2.41. The molecule has 2 aliphatic rings. The van der Waals surface area contributed by atoms with Crippen molar-refractivity contribution >= 4 is 18.3 Å². The molecule has 24 heavy (non-hydrogen) atoms. The molecule has 6 heteroatoms. The number of halogens is 1. The van der Waals surface area contributed by atoms with Gasteiger partial charge in [-0.3, -0.25) is 9.48 Å². The summed E-state index contributed by atoms with van der Waals surface area (Å²) in [5.41, 5.74) is 1.74. The van der Waals surface area contributed by atoms with Crippen LogP contribution in [0, 0.1) is 17.8 Å². The maximum atomic E-state index is 12.8. The standard InChI is InChI=1S/C18H30N4O.ClH/c1-5-22-17(9-14(20-22)8-12(2)3)18(23)19-16-11-21(4)10-15(16)13-6-7-13;/h9,12-13,15-16H,5-8,10-11H2,1-4H3,(H,19,23);1H/t15-,16+;/m1./s1. The molecule has 1 aliphatic carbocycles. The van der Waals surface area contributed by atoms with Gasteiger partial charge in [-0.05, 0) is 57.1 Å². The van der Waals surface area contributed by atoms with Crippen molar-refractivity contribution < 1.29 is 4.79 Å². The van der Waals surface area contributed by atoms with Crippen LogP contribution in [0.5, 0.6) is 0 Å². The van der Waals surface area contributed by atoms with E-state index >= 15 is 0 Å². The van der Waals surface area contributed by atoms with Crippen molar-refractivity contribution in [3.05, 3.63) is 17.5 Å². The number of carbonyl (C=O) groups is 1. The Bertz CT molecular complexity index is 567. The Kier molecular flexibility index (Phi) is 6.32. The Hall–Kier alpha value is -1.07. The number of aromatic nitrogens is 2. The predicted octanol–water partition coefficient (Wildman–Crippen LogP) is 2.59. The van der Waals surface area contributed by atoms with Crippen molar-refractivity contribution in [2.24, 2.45) is 17.8 Å². The Morgan fingerprint density at radius 1 is 1.38 bits per heavy atom. The molecular formula is C18H31ClN4O. The molecule has 1 saturated carbocycles. The number of likely N-dealkylation sites (N-methyl/N-ethyl adjacent to an activating group) is 1.